The van der Waals surface area contributed by atoms with E-state index in [0.29, 0.717) is 5.56 Å². The van der Waals surface area contributed by atoms with Crippen LogP contribution in [0.3, 0.4) is 0 Å². The van der Waals surface area contributed by atoms with Gasteiger partial charge >= 0.3 is 0 Å². The summed E-state index contributed by atoms with van der Waals surface area (Å²) in [6.45, 7) is 1.54. The minimum absolute atomic E-state index is 0.0180. The third-order valence-electron chi connectivity index (χ3n) is 1.76. The fourth-order valence-electron chi connectivity index (χ4n) is 1.07. The van der Waals surface area contributed by atoms with Crippen LogP contribution in [-0.4, -0.2) is 22.4 Å². The lowest BCUT2D eigenvalue weighted by molar-refractivity contribution is 0.198. The van der Waals surface area contributed by atoms with Crippen molar-refractivity contribution in [3.8, 4) is 17.2 Å². The van der Waals surface area contributed by atoms with Gasteiger partial charge in [0.25, 0.3) is 0 Å². The first kappa shape index (κ1) is 9.67. The SMILES string of the molecule is COc1c(O)cc(C(C)O)cc1O. The van der Waals surface area contributed by atoms with E-state index in [0.717, 1.165) is 0 Å². The topological polar surface area (TPSA) is 69.9 Å². The molecule has 0 aromatic heterocycles. The van der Waals surface area contributed by atoms with E-state index in [2.05, 4.69) is 0 Å². The Morgan fingerprint density at radius 1 is 1.23 bits per heavy atom. The molecule has 0 aliphatic carbocycles. The van der Waals surface area contributed by atoms with Gasteiger partial charge in [-0.15, -0.1) is 0 Å². The Bertz CT molecular complexity index is 283. The Hall–Kier alpha value is -1.42. The van der Waals surface area contributed by atoms with E-state index < -0.39 is 6.10 Å². The largest absolute Gasteiger partial charge is 0.504 e. The van der Waals surface area contributed by atoms with Gasteiger partial charge in [0.2, 0.25) is 5.75 Å². The number of phenolic OH excluding ortho intramolecular Hbond substituents is 2. The van der Waals surface area contributed by atoms with Crippen molar-refractivity contribution in [3.05, 3.63) is 17.7 Å². The summed E-state index contributed by atoms with van der Waals surface area (Å²) in [7, 11) is 1.34. The fourth-order valence-corrected chi connectivity index (χ4v) is 1.07. The molecule has 1 rings (SSSR count). The van der Waals surface area contributed by atoms with Crippen molar-refractivity contribution in [2.75, 3.05) is 7.11 Å². The van der Waals surface area contributed by atoms with Gasteiger partial charge in [0.1, 0.15) is 0 Å². The van der Waals surface area contributed by atoms with Gasteiger partial charge in [-0.05, 0) is 24.6 Å². The Morgan fingerprint density at radius 3 is 2.00 bits per heavy atom. The maximum Gasteiger partial charge on any atom is 0.202 e. The smallest absolute Gasteiger partial charge is 0.202 e. The van der Waals surface area contributed by atoms with Crippen LogP contribution >= 0.6 is 0 Å². The number of ether oxygens (including phenoxy) is 1. The van der Waals surface area contributed by atoms with Gasteiger partial charge in [-0.3, -0.25) is 0 Å². The molecule has 4 nitrogen and oxygen atoms in total. The van der Waals surface area contributed by atoms with Gasteiger partial charge in [0, 0.05) is 0 Å². The molecule has 0 aliphatic rings. The molecule has 0 radical (unpaired) electrons. The van der Waals surface area contributed by atoms with Crippen LogP contribution in [0.5, 0.6) is 17.2 Å². The van der Waals surface area contributed by atoms with Crippen molar-refractivity contribution in [2.24, 2.45) is 0 Å². The molecule has 0 saturated carbocycles. The average molecular weight is 184 g/mol. The van der Waals surface area contributed by atoms with E-state index in [4.69, 9.17) is 4.74 Å². The van der Waals surface area contributed by atoms with E-state index in [9.17, 15) is 15.3 Å². The summed E-state index contributed by atoms with van der Waals surface area (Å²) in [5.41, 5.74) is 0.441. The van der Waals surface area contributed by atoms with Crippen molar-refractivity contribution in [2.45, 2.75) is 13.0 Å². The fraction of sp³-hybridized carbons (Fsp3) is 0.333. The van der Waals surface area contributed by atoms with Crippen LogP contribution in [-0.2, 0) is 0 Å². The summed E-state index contributed by atoms with van der Waals surface area (Å²) in [5, 5.41) is 27.8. The van der Waals surface area contributed by atoms with E-state index in [1.807, 2.05) is 0 Å². The molecule has 0 amide bonds. The molecule has 0 heterocycles. The molecule has 3 N–H and O–H groups in total. The van der Waals surface area contributed by atoms with Crippen molar-refractivity contribution in [1.29, 1.82) is 0 Å². The van der Waals surface area contributed by atoms with Crippen LogP contribution in [0.4, 0.5) is 0 Å². The van der Waals surface area contributed by atoms with Crippen molar-refractivity contribution < 1.29 is 20.1 Å². The molecule has 13 heavy (non-hydrogen) atoms. The van der Waals surface area contributed by atoms with Crippen molar-refractivity contribution in [3.63, 3.8) is 0 Å². The zero-order valence-electron chi connectivity index (χ0n) is 7.48. The lowest BCUT2D eigenvalue weighted by Crippen LogP contribution is -1.92. The monoisotopic (exact) mass is 184 g/mol. The molecule has 1 atom stereocenters. The highest BCUT2D eigenvalue weighted by atomic mass is 16.5. The van der Waals surface area contributed by atoms with E-state index in [-0.39, 0.29) is 17.2 Å². The minimum Gasteiger partial charge on any atom is -0.504 e. The second kappa shape index (κ2) is 3.53. The maximum absolute atomic E-state index is 9.32. The van der Waals surface area contributed by atoms with Crippen LogP contribution in [0.15, 0.2) is 12.1 Å². The van der Waals surface area contributed by atoms with Crippen LogP contribution in [0.2, 0.25) is 0 Å². The number of rotatable bonds is 2. The minimum atomic E-state index is -0.734. The Balaban J connectivity index is 3.20. The second-order valence-corrected chi connectivity index (χ2v) is 2.77. The van der Waals surface area contributed by atoms with Crippen LogP contribution < -0.4 is 4.74 Å². The number of aromatic hydroxyl groups is 2. The van der Waals surface area contributed by atoms with Gasteiger partial charge in [0.15, 0.2) is 11.5 Å². The lowest BCUT2D eigenvalue weighted by Gasteiger charge is -2.10. The van der Waals surface area contributed by atoms with Gasteiger partial charge in [-0.1, -0.05) is 0 Å². The zero-order valence-corrected chi connectivity index (χ0v) is 7.48. The predicted octanol–water partition coefficient (Wildman–Crippen LogP) is 1.16. The third kappa shape index (κ3) is 1.84. The molecule has 1 aromatic carbocycles. The third-order valence-corrected chi connectivity index (χ3v) is 1.76. The summed E-state index contributed by atoms with van der Waals surface area (Å²) in [4.78, 5) is 0. The molecule has 0 aliphatic heterocycles. The molecular weight excluding hydrogens is 172 g/mol. The molecule has 0 saturated heterocycles. The number of aliphatic hydroxyl groups excluding tert-OH is 1. The molecule has 72 valence electrons. The van der Waals surface area contributed by atoms with Crippen molar-refractivity contribution in [1.82, 2.24) is 0 Å². The van der Waals surface area contributed by atoms with Gasteiger partial charge in [0.05, 0.1) is 13.2 Å². The van der Waals surface area contributed by atoms with E-state index >= 15 is 0 Å². The van der Waals surface area contributed by atoms with E-state index in [1.165, 1.54) is 19.2 Å². The number of benzene rings is 1. The molecule has 0 spiro atoms. The summed E-state index contributed by atoms with van der Waals surface area (Å²) < 4.78 is 4.73. The quantitative estimate of drug-likeness (QED) is 0.645. The van der Waals surface area contributed by atoms with Gasteiger partial charge in [-0.2, -0.15) is 0 Å². The Labute approximate surface area is 76.0 Å². The maximum atomic E-state index is 9.32. The molecule has 0 fully saturated rings. The first-order chi connectivity index (χ1) is 6.06. The van der Waals surface area contributed by atoms with Crippen LogP contribution in [0, 0.1) is 0 Å². The number of aliphatic hydroxyl groups is 1. The summed E-state index contributed by atoms with van der Waals surface area (Å²) in [6.07, 6.45) is -0.734. The first-order valence-electron chi connectivity index (χ1n) is 3.84. The molecule has 1 aromatic rings. The highest BCUT2D eigenvalue weighted by Crippen LogP contribution is 2.37. The van der Waals surface area contributed by atoms with E-state index in [1.54, 1.807) is 6.92 Å². The number of methoxy groups -OCH3 is 1. The molecule has 1 unspecified atom stereocenters. The first-order valence-corrected chi connectivity index (χ1v) is 3.84. The normalized spacial score (nSPS) is 12.5. The zero-order chi connectivity index (χ0) is 10.0. The standard InChI is InChI=1S/C9H12O4/c1-5(10)6-3-7(11)9(13-2)8(12)4-6/h3-5,10-12H,1-2H3. The Morgan fingerprint density at radius 2 is 1.69 bits per heavy atom. The summed E-state index contributed by atoms with van der Waals surface area (Å²) in [6, 6.07) is 2.70. The number of phenols is 2. The summed E-state index contributed by atoms with van der Waals surface area (Å²) in [5.74, 6) is -0.346. The number of hydrogen-bond acceptors (Lipinski definition) is 4. The van der Waals surface area contributed by atoms with Gasteiger partial charge in [-0.25, -0.2) is 0 Å². The average Bonchev–Trinajstić information content (AvgIpc) is 2.03. The highest BCUT2D eigenvalue weighted by molar-refractivity contribution is 5.52. The molecule has 4 heteroatoms. The van der Waals surface area contributed by atoms with Crippen LogP contribution in [0.1, 0.15) is 18.6 Å². The number of hydrogen-bond donors (Lipinski definition) is 3. The summed E-state index contributed by atoms with van der Waals surface area (Å²) >= 11 is 0. The predicted molar refractivity (Wildman–Crippen MR) is 47.0 cm³/mol. The van der Waals surface area contributed by atoms with Crippen LogP contribution in [0.25, 0.3) is 0 Å². The highest BCUT2D eigenvalue weighted by Gasteiger charge is 2.11. The lowest BCUT2D eigenvalue weighted by atomic mass is 10.1. The van der Waals surface area contributed by atoms with Crippen molar-refractivity contribution >= 4 is 0 Å². The second-order valence-electron chi connectivity index (χ2n) is 2.77. The Kier molecular flexibility index (Phi) is 2.63. The molecular formula is C9H12O4. The van der Waals surface area contributed by atoms with Gasteiger partial charge < -0.3 is 20.1 Å². The molecule has 0 bridgehead atoms.